The Morgan fingerprint density at radius 1 is 0.509 bits per heavy atom. The minimum Gasteiger partial charge on any atom is -0.361 e. The Bertz CT molecular complexity index is 3310. The summed E-state index contributed by atoms with van der Waals surface area (Å²) in [6.07, 6.45) is 2.31. The average molecular weight is 694 g/mol. The Morgan fingerprint density at radius 3 is 2.11 bits per heavy atom. The molecular weight excluding hydrogens is 663 g/mol. The maximum absolute atomic E-state index is 3.94. The molecular formula is C49H31N3S. The van der Waals surface area contributed by atoms with E-state index in [2.05, 4.69) is 190 Å². The number of anilines is 1. The monoisotopic (exact) mass is 693 g/mol. The van der Waals surface area contributed by atoms with Gasteiger partial charge in [0.25, 0.3) is 0 Å². The van der Waals surface area contributed by atoms with Crippen molar-refractivity contribution in [2.75, 3.05) is 5.32 Å². The van der Waals surface area contributed by atoms with Crippen LogP contribution in [0.15, 0.2) is 176 Å². The molecule has 0 bridgehead atoms. The quantitative estimate of drug-likeness (QED) is 0.195. The van der Waals surface area contributed by atoms with Gasteiger partial charge < -0.3 is 14.5 Å². The van der Waals surface area contributed by atoms with Gasteiger partial charge in [0, 0.05) is 54.0 Å². The fraction of sp³-hybridized carbons (Fsp3) is 0.0204. The molecule has 12 rings (SSSR count). The zero-order valence-electron chi connectivity index (χ0n) is 28.6. The van der Waals surface area contributed by atoms with Gasteiger partial charge in [0.1, 0.15) is 6.17 Å². The number of benzene rings is 8. The summed E-state index contributed by atoms with van der Waals surface area (Å²) in [6.45, 7) is 0. The van der Waals surface area contributed by atoms with Crippen molar-refractivity contribution >= 4 is 97.2 Å². The molecule has 1 N–H and O–H groups in total. The first-order chi connectivity index (χ1) is 26.3. The molecule has 0 aliphatic carbocycles. The molecule has 1 aliphatic heterocycles. The maximum atomic E-state index is 3.94. The van der Waals surface area contributed by atoms with Crippen molar-refractivity contribution in [2.24, 2.45) is 0 Å². The smallest absolute Gasteiger partial charge is 0.124 e. The number of fused-ring (bicyclic) bond motifs is 13. The molecule has 0 amide bonds. The molecule has 0 spiro atoms. The molecule has 0 radical (unpaired) electrons. The highest BCUT2D eigenvalue weighted by Gasteiger charge is 2.26. The second-order valence-electron chi connectivity index (χ2n) is 14.1. The van der Waals surface area contributed by atoms with Crippen LogP contribution in [0.4, 0.5) is 5.69 Å². The molecule has 1 aliphatic rings. The van der Waals surface area contributed by atoms with Crippen LogP contribution in [0.5, 0.6) is 0 Å². The predicted octanol–water partition coefficient (Wildman–Crippen LogP) is 13.5. The van der Waals surface area contributed by atoms with Crippen molar-refractivity contribution in [3.63, 3.8) is 0 Å². The first-order valence-electron chi connectivity index (χ1n) is 18.2. The lowest BCUT2D eigenvalue weighted by atomic mass is 9.93. The first-order valence-corrected chi connectivity index (χ1v) is 19.0. The van der Waals surface area contributed by atoms with Crippen LogP contribution in [0, 0.1) is 0 Å². The number of nitrogens with zero attached hydrogens (tertiary/aromatic N) is 2. The number of hydrogen-bond acceptors (Lipinski definition) is 2. The molecule has 3 nitrogen and oxygen atoms in total. The zero-order valence-corrected chi connectivity index (χ0v) is 29.4. The Balaban J connectivity index is 1.20. The molecule has 248 valence electrons. The van der Waals surface area contributed by atoms with E-state index in [0.717, 1.165) is 5.69 Å². The lowest BCUT2D eigenvalue weighted by molar-refractivity contribution is 0.722. The summed E-state index contributed by atoms with van der Waals surface area (Å²) in [4.78, 5) is 0. The van der Waals surface area contributed by atoms with Crippen molar-refractivity contribution in [2.45, 2.75) is 6.17 Å². The number of hydrogen-bond donors (Lipinski definition) is 1. The van der Waals surface area contributed by atoms with Gasteiger partial charge in [-0.2, -0.15) is 0 Å². The van der Waals surface area contributed by atoms with E-state index in [4.69, 9.17) is 0 Å². The van der Waals surface area contributed by atoms with Crippen LogP contribution in [-0.4, -0.2) is 9.13 Å². The van der Waals surface area contributed by atoms with Gasteiger partial charge in [-0.3, -0.25) is 0 Å². The molecule has 0 saturated carbocycles. The minimum atomic E-state index is -0.0999. The Kier molecular flexibility index (Phi) is 5.99. The molecule has 4 heterocycles. The summed E-state index contributed by atoms with van der Waals surface area (Å²) in [5.41, 5.74) is 10.9. The summed E-state index contributed by atoms with van der Waals surface area (Å²) < 4.78 is 7.67. The molecule has 1 atom stereocenters. The van der Waals surface area contributed by atoms with Crippen molar-refractivity contribution in [1.29, 1.82) is 0 Å². The van der Waals surface area contributed by atoms with E-state index in [1.54, 1.807) is 0 Å². The lowest BCUT2D eigenvalue weighted by Gasteiger charge is -2.29. The van der Waals surface area contributed by atoms with Gasteiger partial charge in [0.05, 0.1) is 26.8 Å². The van der Waals surface area contributed by atoms with Crippen LogP contribution in [0.3, 0.4) is 0 Å². The zero-order chi connectivity index (χ0) is 34.6. The highest BCUT2D eigenvalue weighted by molar-refractivity contribution is 7.26. The van der Waals surface area contributed by atoms with Crippen LogP contribution >= 0.6 is 11.3 Å². The van der Waals surface area contributed by atoms with E-state index in [9.17, 15) is 0 Å². The second kappa shape index (κ2) is 10.9. The molecule has 8 aromatic carbocycles. The summed E-state index contributed by atoms with van der Waals surface area (Å²) in [5, 5.41) is 14.3. The number of rotatable bonds is 3. The summed E-state index contributed by atoms with van der Waals surface area (Å²) in [5.74, 6) is 0. The number of nitrogens with one attached hydrogen (secondary N) is 1. The van der Waals surface area contributed by atoms with Crippen molar-refractivity contribution in [3.8, 4) is 5.69 Å². The third-order valence-electron chi connectivity index (χ3n) is 11.3. The number of thiophene rings is 1. The molecule has 4 heteroatoms. The Morgan fingerprint density at radius 2 is 1.23 bits per heavy atom. The van der Waals surface area contributed by atoms with Crippen LogP contribution in [0.1, 0.15) is 17.3 Å². The topological polar surface area (TPSA) is 21.9 Å². The normalized spacial score (nSPS) is 14.5. The van der Waals surface area contributed by atoms with Crippen LogP contribution < -0.4 is 5.32 Å². The second-order valence-corrected chi connectivity index (χ2v) is 15.2. The SMILES string of the molecule is C1=C(c2ccccc2)c2ccccc2NC1n1c2ccccc2c2cc3c4ccc5c(sc6ccc7ccccc7c65)c4n(-c4ccccc4)c3cc21. The van der Waals surface area contributed by atoms with Gasteiger partial charge in [-0.05, 0) is 70.4 Å². The summed E-state index contributed by atoms with van der Waals surface area (Å²) in [7, 11) is 0. The van der Waals surface area contributed by atoms with Gasteiger partial charge in [0.2, 0.25) is 0 Å². The van der Waals surface area contributed by atoms with Crippen LogP contribution in [-0.2, 0) is 0 Å². The summed E-state index contributed by atoms with van der Waals surface area (Å²) in [6, 6.07) is 62.3. The first kappa shape index (κ1) is 29.0. The predicted molar refractivity (Wildman–Crippen MR) is 227 cm³/mol. The van der Waals surface area contributed by atoms with Gasteiger partial charge in [-0.1, -0.05) is 127 Å². The molecule has 3 aromatic heterocycles. The third kappa shape index (κ3) is 4.10. The standard InChI is InChI=1S/C49H31N3S/c1-3-13-30(14-4-1)38-28-46(50-41-21-11-9-19-34(38)41)52-42-22-12-10-20-35(42)39-27-40-36-24-25-37-47-33-18-8-7-15-31(33)23-26-45(47)53-49(37)48(36)51(43(40)29-44(39)52)32-16-5-2-6-17-32/h1-29,46,50H. The fourth-order valence-electron chi connectivity index (χ4n) is 9.04. The largest absolute Gasteiger partial charge is 0.361 e. The van der Waals surface area contributed by atoms with E-state index >= 15 is 0 Å². The highest BCUT2D eigenvalue weighted by atomic mass is 32.1. The molecule has 53 heavy (non-hydrogen) atoms. The third-order valence-corrected chi connectivity index (χ3v) is 12.5. The Labute approximate surface area is 309 Å². The highest BCUT2D eigenvalue weighted by Crippen LogP contribution is 2.47. The number of para-hydroxylation sites is 3. The number of aromatic nitrogens is 2. The maximum Gasteiger partial charge on any atom is 0.124 e. The molecule has 11 aromatic rings. The molecule has 0 fully saturated rings. The van der Waals surface area contributed by atoms with Gasteiger partial charge in [0.15, 0.2) is 0 Å². The van der Waals surface area contributed by atoms with Gasteiger partial charge >= 0.3 is 0 Å². The van der Waals surface area contributed by atoms with E-state index in [0.29, 0.717) is 0 Å². The molecule has 1 unspecified atom stereocenters. The average Bonchev–Trinajstić information content (AvgIpc) is 3.88. The lowest BCUT2D eigenvalue weighted by Crippen LogP contribution is -2.20. The van der Waals surface area contributed by atoms with E-state index in [-0.39, 0.29) is 6.17 Å². The van der Waals surface area contributed by atoms with Crippen molar-refractivity contribution in [3.05, 3.63) is 187 Å². The van der Waals surface area contributed by atoms with Gasteiger partial charge in [-0.15, -0.1) is 11.3 Å². The fourth-order valence-corrected chi connectivity index (χ4v) is 10.3. The molecule has 0 saturated heterocycles. The van der Waals surface area contributed by atoms with Crippen LogP contribution in [0.25, 0.3) is 85.8 Å². The minimum absolute atomic E-state index is 0.0999. The van der Waals surface area contributed by atoms with Gasteiger partial charge in [-0.25, -0.2) is 0 Å². The Hall–Kier alpha value is -6.62. The summed E-state index contributed by atoms with van der Waals surface area (Å²) >= 11 is 1.91. The van der Waals surface area contributed by atoms with E-state index < -0.39 is 0 Å². The van der Waals surface area contributed by atoms with E-state index in [1.807, 2.05) is 11.3 Å². The van der Waals surface area contributed by atoms with E-state index in [1.165, 1.54) is 96.9 Å². The van der Waals surface area contributed by atoms with Crippen molar-refractivity contribution in [1.82, 2.24) is 9.13 Å². The van der Waals surface area contributed by atoms with Crippen LogP contribution in [0.2, 0.25) is 0 Å². The van der Waals surface area contributed by atoms with Crippen molar-refractivity contribution < 1.29 is 0 Å².